The van der Waals surface area contributed by atoms with E-state index < -0.39 is 0 Å². The average molecular weight is 385 g/mol. The SMILES string of the molecule is CCN(Cc1cccc(F)c1)C(=O)c1ccc2c(=O)n(CC)c(=S)[nH]c2c1. The van der Waals surface area contributed by atoms with Gasteiger partial charge in [0.15, 0.2) is 4.77 Å². The molecule has 5 nitrogen and oxygen atoms in total. The number of hydrogen-bond acceptors (Lipinski definition) is 3. The van der Waals surface area contributed by atoms with Crippen LogP contribution in [0.5, 0.6) is 0 Å². The van der Waals surface area contributed by atoms with E-state index in [0.29, 0.717) is 40.9 Å². The number of H-pyrrole nitrogens is 1. The van der Waals surface area contributed by atoms with Crippen molar-refractivity contribution in [1.82, 2.24) is 14.5 Å². The highest BCUT2D eigenvalue weighted by atomic mass is 32.1. The third-order valence-electron chi connectivity index (χ3n) is 4.48. The Morgan fingerprint density at radius 1 is 1.22 bits per heavy atom. The minimum absolute atomic E-state index is 0.178. The number of hydrogen-bond donors (Lipinski definition) is 1. The number of nitrogens with one attached hydrogen (secondary N) is 1. The van der Waals surface area contributed by atoms with Gasteiger partial charge >= 0.3 is 0 Å². The van der Waals surface area contributed by atoms with Crippen molar-refractivity contribution in [2.75, 3.05) is 6.54 Å². The van der Waals surface area contributed by atoms with Gasteiger partial charge in [-0.05, 0) is 62.0 Å². The predicted molar refractivity (Wildman–Crippen MR) is 106 cm³/mol. The fraction of sp³-hybridized carbons (Fsp3) is 0.250. The van der Waals surface area contributed by atoms with Gasteiger partial charge in [-0.3, -0.25) is 14.2 Å². The lowest BCUT2D eigenvalue weighted by Crippen LogP contribution is -2.30. The van der Waals surface area contributed by atoms with E-state index in [2.05, 4.69) is 4.98 Å². The van der Waals surface area contributed by atoms with Crippen LogP contribution >= 0.6 is 12.2 Å². The van der Waals surface area contributed by atoms with Gasteiger partial charge in [0.05, 0.1) is 10.9 Å². The average Bonchev–Trinajstić information content (AvgIpc) is 2.65. The molecule has 0 atom stereocenters. The summed E-state index contributed by atoms with van der Waals surface area (Å²) in [5.41, 5.74) is 1.51. The Bertz CT molecular complexity index is 1120. The number of halogens is 1. The molecule has 0 saturated heterocycles. The Labute approximate surface area is 161 Å². The summed E-state index contributed by atoms with van der Waals surface area (Å²) < 4.78 is 15.2. The zero-order valence-electron chi connectivity index (χ0n) is 15.2. The lowest BCUT2D eigenvalue weighted by Gasteiger charge is -2.21. The van der Waals surface area contributed by atoms with E-state index in [4.69, 9.17) is 12.2 Å². The molecule has 1 heterocycles. The summed E-state index contributed by atoms with van der Waals surface area (Å²) >= 11 is 5.22. The van der Waals surface area contributed by atoms with Crippen LogP contribution in [0, 0.1) is 10.6 Å². The molecular weight excluding hydrogens is 365 g/mol. The summed E-state index contributed by atoms with van der Waals surface area (Å²) in [5, 5.41) is 0.482. The smallest absolute Gasteiger partial charge is 0.262 e. The van der Waals surface area contributed by atoms with Crippen molar-refractivity contribution >= 4 is 29.0 Å². The molecule has 0 spiro atoms. The lowest BCUT2D eigenvalue weighted by molar-refractivity contribution is 0.0752. The Balaban J connectivity index is 1.96. The number of aromatic nitrogens is 2. The third-order valence-corrected chi connectivity index (χ3v) is 4.80. The summed E-state index contributed by atoms with van der Waals surface area (Å²) in [5.74, 6) is -0.524. The van der Waals surface area contributed by atoms with Crippen LogP contribution < -0.4 is 5.56 Å². The minimum atomic E-state index is -0.332. The van der Waals surface area contributed by atoms with Gasteiger partial charge in [0.25, 0.3) is 11.5 Å². The minimum Gasteiger partial charge on any atom is -0.335 e. The highest BCUT2D eigenvalue weighted by molar-refractivity contribution is 7.71. The number of carbonyl (C=O) groups is 1. The van der Waals surface area contributed by atoms with E-state index in [0.717, 1.165) is 5.56 Å². The van der Waals surface area contributed by atoms with Gasteiger partial charge in [-0.15, -0.1) is 0 Å². The van der Waals surface area contributed by atoms with Gasteiger partial charge in [-0.1, -0.05) is 12.1 Å². The van der Waals surface area contributed by atoms with Crippen molar-refractivity contribution in [3.63, 3.8) is 0 Å². The second-order valence-electron chi connectivity index (χ2n) is 6.19. The van der Waals surface area contributed by atoms with E-state index in [1.54, 1.807) is 35.2 Å². The Morgan fingerprint density at radius 2 is 2.00 bits per heavy atom. The molecule has 0 aliphatic heterocycles. The zero-order valence-corrected chi connectivity index (χ0v) is 16.0. The second kappa shape index (κ2) is 7.84. The van der Waals surface area contributed by atoms with Crippen molar-refractivity contribution < 1.29 is 9.18 Å². The number of carbonyl (C=O) groups excluding carboxylic acids is 1. The van der Waals surface area contributed by atoms with E-state index in [1.807, 2.05) is 13.8 Å². The lowest BCUT2D eigenvalue weighted by atomic mass is 10.1. The van der Waals surface area contributed by atoms with Crippen molar-refractivity contribution in [3.05, 3.63) is 74.5 Å². The van der Waals surface area contributed by atoms with Gasteiger partial charge in [0.2, 0.25) is 0 Å². The van der Waals surface area contributed by atoms with E-state index in [1.165, 1.54) is 16.7 Å². The molecule has 3 rings (SSSR count). The number of benzene rings is 2. The largest absolute Gasteiger partial charge is 0.335 e. The van der Waals surface area contributed by atoms with E-state index in [-0.39, 0.29) is 17.3 Å². The maximum absolute atomic E-state index is 13.4. The zero-order chi connectivity index (χ0) is 19.6. The van der Waals surface area contributed by atoms with Crippen LogP contribution in [-0.2, 0) is 13.1 Å². The first-order chi connectivity index (χ1) is 12.9. The summed E-state index contributed by atoms with van der Waals surface area (Å²) in [6.07, 6.45) is 0. The molecule has 140 valence electrons. The Hall–Kier alpha value is -2.80. The predicted octanol–water partition coefficient (Wildman–Crippen LogP) is 3.88. The van der Waals surface area contributed by atoms with Crippen molar-refractivity contribution in [2.24, 2.45) is 0 Å². The highest BCUT2D eigenvalue weighted by Crippen LogP contribution is 2.15. The van der Waals surface area contributed by atoms with Crippen LogP contribution in [0.2, 0.25) is 0 Å². The molecule has 1 amide bonds. The fourth-order valence-electron chi connectivity index (χ4n) is 3.04. The summed E-state index contributed by atoms with van der Waals surface area (Å²) in [6, 6.07) is 11.1. The fourth-order valence-corrected chi connectivity index (χ4v) is 3.36. The molecule has 0 radical (unpaired) electrons. The summed E-state index contributed by atoms with van der Waals surface area (Å²) in [4.78, 5) is 30.0. The molecule has 2 aromatic carbocycles. The maximum Gasteiger partial charge on any atom is 0.262 e. The molecule has 7 heteroatoms. The van der Waals surface area contributed by atoms with Crippen LogP contribution in [0.4, 0.5) is 4.39 Å². The standard InChI is InChI=1S/C20H20FN3O2S/c1-3-23(12-13-6-5-7-15(21)10-13)18(25)14-8-9-16-17(11-14)22-20(27)24(4-2)19(16)26/h5-11H,3-4,12H2,1-2H3,(H,22,27). The third kappa shape index (κ3) is 3.83. The number of amides is 1. The van der Waals surface area contributed by atoms with Crippen LogP contribution in [0.1, 0.15) is 29.8 Å². The van der Waals surface area contributed by atoms with Crippen LogP contribution in [0.15, 0.2) is 47.3 Å². The van der Waals surface area contributed by atoms with Gasteiger partial charge in [-0.2, -0.15) is 0 Å². The van der Waals surface area contributed by atoms with Crippen molar-refractivity contribution in [2.45, 2.75) is 26.9 Å². The molecular formula is C20H20FN3O2S. The summed E-state index contributed by atoms with van der Waals surface area (Å²) in [7, 11) is 0. The molecule has 3 aromatic rings. The first-order valence-electron chi connectivity index (χ1n) is 8.75. The maximum atomic E-state index is 13.4. The summed E-state index contributed by atoms with van der Waals surface area (Å²) in [6.45, 7) is 4.97. The van der Waals surface area contributed by atoms with E-state index >= 15 is 0 Å². The number of aromatic amines is 1. The van der Waals surface area contributed by atoms with Gasteiger partial charge in [-0.25, -0.2) is 4.39 Å². The number of rotatable bonds is 5. The molecule has 27 heavy (non-hydrogen) atoms. The quantitative estimate of drug-likeness (QED) is 0.678. The van der Waals surface area contributed by atoms with Gasteiger partial charge in [0.1, 0.15) is 5.82 Å². The second-order valence-corrected chi connectivity index (χ2v) is 6.58. The molecule has 0 aliphatic carbocycles. The molecule has 0 unspecified atom stereocenters. The Morgan fingerprint density at radius 3 is 2.67 bits per heavy atom. The monoisotopic (exact) mass is 385 g/mol. The first-order valence-corrected chi connectivity index (χ1v) is 9.16. The number of fused-ring (bicyclic) bond motifs is 1. The topological polar surface area (TPSA) is 58.1 Å². The van der Waals surface area contributed by atoms with Crippen molar-refractivity contribution in [1.29, 1.82) is 0 Å². The molecule has 0 fully saturated rings. The van der Waals surface area contributed by atoms with Crippen LogP contribution in [0.25, 0.3) is 10.9 Å². The number of nitrogens with zero attached hydrogens (tertiary/aromatic N) is 2. The van der Waals surface area contributed by atoms with E-state index in [9.17, 15) is 14.0 Å². The first kappa shape index (κ1) is 19.0. The van der Waals surface area contributed by atoms with Crippen molar-refractivity contribution in [3.8, 4) is 0 Å². The molecule has 0 aliphatic rings. The van der Waals surface area contributed by atoms with Crippen LogP contribution in [-0.4, -0.2) is 26.9 Å². The van der Waals surface area contributed by atoms with Crippen LogP contribution in [0.3, 0.4) is 0 Å². The normalized spacial score (nSPS) is 10.9. The Kier molecular flexibility index (Phi) is 5.51. The molecule has 1 aromatic heterocycles. The molecule has 0 saturated carbocycles. The highest BCUT2D eigenvalue weighted by Gasteiger charge is 2.16. The molecule has 0 bridgehead atoms. The van der Waals surface area contributed by atoms with Gasteiger partial charge < -0.3 is 9.88 Å². The van der Waals surface area contributed by atoms with Gasteiger partial charge in [0, 0.05) is 25.2 Å². The molecule has 1 N–H and O–H groups in total.